The van der Waals surface area contributed by atoms with Gasteiger partial charge < -0.3 is 10.6 Å². The van der Waals surface area contributed by atoms with Crippen molar-refractivity contribution < 1.29 is 14.0 Å². The maximum atomic E-state index is 12.8. The predicted molar refractivity (Wildman–Crippen MR) is 84.3 cm³/mol. The van der Waals surface area contributed by atoms with Gasteiger partial charge in [-0.2, -0.15) is 0 Å². The van der Waals surface area contributed by atoms with Crippen LogP contribution in [0, 0.1) is 5.82 Å². The smallest absolute Gasteiger partial charge is 0.255 e. The van der Waals surface area contributed by atoms with Gasteiger partial charge in [0.15, 0.2) is 0 Å². The van der Waals surface area contributed by atoms with Gasteiger partial charge >= 0.3 is 0 Å². The molecule has 2 aromatic rings. The number of hydrogen-bond acceptors (Lipinski definition) is 2. The molecule has 0 aliphatic rings. The Kier molecular flexibility index (Phi) is 5.25. The highest BCUT2D eigenvalue weighted by atomic mass is 19.1. The lowest BCUT2D eigenvalue weighted by Crippen LogP contribution is -2.12. The molecule has 0 heterocycles. The van der Waals surface area contributed by atoms with E-state index in [2.05, 4.69) is 10.6 Å². The first-order chi connectivity index (χ1) is 10.6. The van der Waals surface area contributed by atoms with Gasteiger partial charge in [0.05, 0.1) is 0 Å². The highest BCUT2D eigenvalue weighted by molar-refractivity contribution is 6.04. The molecule has 0 unspecified atom stereocenters. The predicted octanol–water partition coefficient (Wildman–Crippen LogP) is 3.82. The Morgan fingerprint density at radius 2 is 1.45 bits per heavy atom. The minimum atomic E-state index is -0.385. The number of carbonyl (C=O) groups is 2. The van der Waals surface area contributed by atoms with Crippen LogP contribution in [0.3, 0.4) is 0 Å². The van der Waals surface area contributed by atoms with Crippen molar-refractivity contribution in [2.24, 2.45) is 0 Å². The molecule has 0 saturated carbocycles. The van der Waals surface area contributed by atoms with E-state index in [-0.39, 0.29) is 17.6 Å². The van der Waals surface area contributed by atoms with Crippen LogP contribution in [0.5, 0.6) is 0 Å². The maximum absolute atomic E-state index is 12.8. The largest absolute Gasteiger partial charge is 0.326 e. The first-order valence-corrected chi connectivity index (χ1v) is 7.05. The quantitative estimate of drug-likeness (QED) is 0.882. The second-order valence-electron chi connectivity index (χ2n) is 4.84. The molecule has 2 aromatic carbocycles. The molecule has 5 heteroatoms. The lowest BCUT2D eigenvalue weighted by atomic mass is 10.2. The van der Waals surface area contributed by atoms with Crippen LogP contribution in [0.4, 0.5) is 15.8 Å². The minimum absolute atomic E-state index is 0.0365. The second kappa shape index (κ2) is 7.36. The lowest BCUT2D eigenvalue weighted by molar-refractivity contribution is -0.116. The third kappa shape index (κ3) is 4.41. The summed E-state index contributed by atoms with van der Waals surface area (Å²) in [5, 5.41) is 5.48. The molecule has 2 rings (SSSR count). The first kappa shape index (κ1) is 15.7. The molecule has 2 N–H and O–H groups in total. The van der Waals surface area contributed by atoms with Crippen molar-refractivity contribution in [3.05, 3.63) is 59.9 Å². The SMILES string of the molecule is CCCC(=O)Nc1ccc(NC(=O)c2ccc(F)cc2)cc1. The van der Waals surface area contributed by atoms with Crippen LogP contribution in [0.15, 0.2) is 48.5 Å². The van der Waals surface area contributed by atoms with Crippen LogP contribution in [0.2, 0.25) is 0 Å². The third-order valence-electron chi connectivity index (χ3n) is 3.01. The molecule has 0 atom stereocenters. The zero-order valence-corrected chi connectivity index (χ0v) is 12.2. The number of carbonyl (C=O) groups excluding carboxylic acids is 2. The van der Waals surface area contributed by atoms with Gasteiger partial charge in [-0.25, -0.2) is 4.39 Å². The Bertz CT molecular complexity index is 651. The Balaban J connectivity index is 1.97. The van der Waals surface area contributed by atoms with Crippen molar-refractivity contribution in [3.8, 4) is 0 Å². The van der Waals surface area contributed by atoms with Crippen molar-refractivity contribution in [1.82, 2.24) is 0 Å². The molecule has 0 aliphatic heterocycles. The van der Waals surface area contributed by atoms with Crippen LogP contribution < -0.4 is 10.6 Å². The molecular weight excluding hydrogens is 283 g/mol. The van der Waals surface area contributed by atoms with E-state index in [1.54, 1.807) is 24.3 Å². The molecule has 0 aliphatic carbocycles. The topological polar surface area (TPSA) is 58.2 Å². The van der Waals surface area contributed by atoms with E-state index in [0.717, 1.165) is 6.42 Å². The van der Waals surface area contributed by atoms with Crippen LogP contribution in [-0.2, 0) is 4.79 Å². The van der Waals surface area contributed by atoms with E-state index >= 15 is 0 Å². The zero-order chi connectivity index (χ0) is 15.9. The van der Waals surface area contributed by atoms with Gasteiger partial charge in [0, 0.05) is 23.4 Å². The van der Waals surface area contributed by atoms with Crippen molar-refractivity contribution >= 4 is 23.2 Å². The van der Waals surface area contributed by atoms with Gasteiger partial charge in [-0.1, -0.05) is 6.92 Å². The Labute approximate surface area is 128 Å². The van der Waals surface area contributed by atoms with E-state index in [1.807, 2.05) is 6.92 Å². The summed E-state index contributed by atoms with van der Waals surface area (Å²) in [6.07, 6.45) is 1.26. The summed E-state index contributed by atoms with van der Waals surface area (Å²) in [4.78, 5) is 23.4. The highest BCUT2D eigenvalue weighted by Gasteiger charge is 2.06. The highest BCUT2D eigenvalue weighted by Crippen LogP contribution is 2.15. The maximum Gasteiger partial charge on any atom is 0.255 e. The van der Waals surface area contributed by atoms with Crippen molar-refractivity contribution in [2.75, 3.05) is 10.6 Å². The van der Waals surface area contributed by atoms with Crippen LogP contribution in [0.25, 0.3) is 0 Å². The van der Waals surface area contributed by atoms with E-state index in [1.165, 1.54) is 24.3 Å². The summed E-state index contributed by atoms with van der Waals surface area (Å²) in [5.41, 5.74) is 1.66. The summed E-state index contributed by atoms with van der Waals surface area (Å²) >= 11 is 0. The number of hydrogen-bond donors (Lipinski definition) is 2. The average molecular weight is 300 g/mol. The van der Waals surface area contributed by atoms with E-state index in [0.29, 0.717) is 23.4 Å². The standard InChI is InChI=1S/C17H17FN2O2/c1-2-3-16(21)19-14-8-10-15(11-9-14)20-17(22)12-4-6-13(18)7-5-12/h4-11H,2-3H2,1H3,(H,19,21)(H,20,22). The second-order valence-corrected chi connectivity index (χ2v) is 4.84. The summed E-state index contributed by atoms with van der Waals surface area (Å²) in [6.45, 7) is 1.94. The number of nitrogens with one attached hydrogen (secondary N) is 2. The number of amides is 2. The van der Waals surface area contributed by atoms with Gasteiger partial charge in [0.2, 0.25) is 5.91 Å². The van der Waals surface area contributed by atoms with Crippen molar-refractivity contribution in [1.29, 1.82) is 0 Å². The molecule has 2 amide bonds. The molecular formula is C17H17FN2O2. The van der Waals surface area contributed by atoms with Gasteiger partial charge in [-0.05, 0) is 55.0 Å². The Morgan fingerprint density at radius 1 is 0.909 bits per heavy atom. The number of halogens is 1. The van der Waals surface area contributed by atoms with Crippen LogP contribution >= 0.6 is 0 Å². The molecule has 4 nitrogen and oxygen atoms in total. The lowest BCUT2D eigenvalue weighted by Gasteiger charge is -2.08. The normalized spacial score (nSPS) is 10.1. The molecule has 22 heavy (non-hydrogen) atoms. The summed E-state index contributed by atoms with van der Waals surface area (Å²) < 4.78 is 12.8. The Hall–Kier alpha value is -2.69. The zero-order valence-electron chi connectivity index (χ0n) is 12.2. The first-order valence-electron chi connectivity index (χ1n) is 7.05. The minimum Gasteiger partial charge on any atom is -0.326 e. The molecule has 114 valence electrons. The van der Waals surface area contributed by atoms with Crippen LogP contribution in [-0.4, -0.2) is 11.8 Å². The molecule has 0 saturated heterocycles. The molecule has 0 radical (unpaired) electrons. The number of anilines is 2. The summed E-state index contributed by atoms with van der Waals surface area (Å²) in [7, 11) is 0. The molecule has 0 aromatic heterocycles. The van der Waals surface area contributed by atoms with Gasteiger partial charge in [0.1, 0.15) is 5.82 Å². The monoisotopic (exact) mass is 300 g/mol. The molecule has 0 fully saturated rings. The number of rotatable bonds is 5. The fourth-order valence-corrected chi connectivity index (χ4v) is 1.89. The van der Waals surface area contributed by atoms with Gasteiger partial charge in [-0.15, -0.1) is 0 Å². The molecule has 0 bridgehead atoms. The van der Waals surface area contributed by atoms with Crippen LogP contribution in [0.1, 0.15) is 30.1 Å². The fraction of sp³-hybridized carbons (Fsp3) is 0.176. The summed E-state index contributed by atoms with van der Waals surface area (Å²) in [6, 6.07) is 12.1. The van der Waals surface area contributed by atoms with E-state index in [4.69, 9.17) is 0 Å². The van der Waals surface area contributed by atoms with Crippen molar-refractivity contribution in [2.45, 2.75) is 19.8 Å². The van der Waals surface area contributed by atoms with Crippen molar-refractivity contribution in [3.63, 3.8) is 0 Å². The molecule has 0 spiro atoms. The average Bonchev–Trinajstić information content (AvgIpc) is 2.50. The Morgan fingerprint density at radius 3 is 2.00 bits per heavy atom. The summed E-state index contributed by atoms with van der Waals surface area (Å²) in [5.74, 6) is -0.739. The number of benzene rings is 2. The van der Waals surface area contributed by atoms with Gasteiger partial charge in [0.25, 0.3) is 5.91 Å². The fourth-order valence-electron chi connectivity index (χ4n) is 1.89. The third-order valence-corrected chi connectivity index (χ3v) is 3.01. The van der Waals surface area contributed by atoms with E-state index < -0.39 is 0 Å². The van der Waals surface area contributed by atoms with E-state index in [9.17, 15) is 14.0 Å². The van der Waals surface area contributed by atoms with Gasteiger partial charge in [-0.3, -0.25) is 9.59 Å².